The minimum atomic E-state index is -0.188. The number of hydrogen-bond acceptors (Lipinski definition) is 4. The van der Waals surface area contributed by atoms with Crippen molar-refractivity contribution in [2.24, 2.45) is 4.99 Å². The largest absolute Gasteiger partial charge is 0.369 e. The molecule has 140 valence electrons. The Morgan fingerprint density at radius 3 is 3.04 bits per heavy atom. The zero-order valence-corrected chi connectivity index (χ0v) is 15.3. The van der Waals surface area contributed by atoms with Gasteiger partial charge in [0.1, 0.15) is 17.8 Å². The van der Waals surface area contributed by atoms with Gasteiger partial charge in [0.05, 0.1) is 6.54 Å². The highest BCUT2D eigenvalue weighted by Crippen LogP contribution is 2.24. The maximum Gasteiger partial charge on any atom is 0.191 e. The molecule has 1 atom stereocenters. The average molecular weight is 359 g/mol. The standard InChI is InChI=1S/C19H26FN5O/c1-3-21-19(22-12-16-8-10-26-24-16)23-17-5-4-9-25(13-17)18-7-6-15(20)11-14(18)2/h6-8,10-11,17H,3-5,9,12-13H2,1-2H3,(H2,21,22,23). The van der Waals surface area contributed by atoms with Crippen LogP contribution in [0.1, 0.15) is 31.0 Å². The van der Waals surface area contributed by atoms with Crippen LogP contribution in [-0.2, 0) is 6.54 Å². The molecule has 0 spiro atoms. The van der Waals surface area contributed by atoms with E-state index in [1.807, 2.05) is 26.0 Å². The van der Waals surface area contributed by atoms with Crippen LogP contribution in [0.25, 0.3) is 0 Å². The van der Waals surface area contributed by atoms with Crippen molar-refractivity contribution in [3.63, 3.8) is 0 Å². The fraction of sp³-hybridized carbons (Fsp3) is 0.474. The van der Waals surface area contributed by atoms with Crippen molar-refractivity contribution in [2.75, 3.05) is 24.5 Å². The Bertz CT molecular complexity index is 732. The van der Waals surface area contributed by atoms with Crippen LogP contribution in [0.3, 0.4) is 0 Å². The Balaban J connectivity index is 1.64. The summed E-state index contributed by atoms with van der Waals surface area (Å²) in [6.07, 6.45) is 3.71. The maximum absolute atomic E-state index is 13.4. The van der Waals surface area contributed by atoms with Crippen LogP contribution in [-0.4, -0.2) is 36.8 Å². The van der Waals surface area contributed by atoms with Crippen LogP contribution >= 0.6 is 0 Å². The van der Waals surface area contributed by atoms with Crippen LogP contribution in [0.2, 0.25) is 0 Å². The highest BCUT2D eigenvalue weighted by atomic mass is 19.1. The number of benzene rings is 1. The van der Waals surface area contributed by atoms with Gasteiger partial charge in [0, 0.05) is 37.4 Å². The SMILES string of the molecule is CCNC(=NCc1ccon1)NC1CCCN(c2ccc(F)cc2C)C1. The molecule has 26 heavy (non-hydrogen) atoms. The molecule has 2 N–H and O–H groups in total. The number of aryl methyl sites for hydroxylation is 1. The third-order valence-corrected chi connectivity index (χ3v) is 4.50. The molecule has 0 radical (unpaired) electrons. The van der Waals surface area contributed by atoms with Gasteiger partial charge < -0.3 is 20.1 Å². The molecule has 7 heteroatoms. The van der Waals surface area contributed by atoms with E-state index in [1.54, 1.807) is 12.3 Å². The first-order chi connectivity index (χ1) is 12.7. The summed E-state index contributed by atoms with van der Waals surface area (Å²) in [5.41, 5.74) is 2.87. The molecule has 0 bridgehead atoms. The van der Waals surface area contributed by atoms with Crippen LogP contribution in [0.15, 0.2) is 40.0 Å². The molecule has 2 aromatic rings. The number of nitrogens with zero attached hydrogens (tertiary/aromatic N) is 3. The number of piperidine rings is 1. The lowest BCUT2D eigenvalue weighted by Crippen LogP contribution is -2.51. The van der Waals surface area contributed by atoms with Crippen LogP contribution in [0.5, 0.6) is 0 Å². The van der Waals surface area contributed by atoms with Gasteiger partial charge in [-0.25, -0.2) is 9.38 Å². The summed E-state index contributed by atoms with van der Waals surface area (Å²) in [6.45, 7) is 7.11. The van der Waals surface area contributed by atoms with E-state index in [9.17, 15) is 4.39 Å². The van der Waals surface area contributed by atoms with Gasteiger partial charge in [0.2, 0.25) is 0 Å². The molecule has 1 aliphatic rings. The third-order valence-electron chi connectivity index (χ3n) is 4.50. The van der Waals surface area contributed by atoms with Crippen molar-refractivity contribution in [2.45, 2.75) is 39.3 Å². The van der Waals surface area contributed by atoms with E-state index < -0.39 is 0 Å². The Labute approximate surface area is 153 Å². The van der Waals surface area contributed by atoms with Gasteiger partial charge in [-0.15, -0.1) is 0 Å². The van der Waals surface area contributed by atoms with Crippen molar-refractivity contribution in [1.29, 1.82) is 0 Å². The number of rotatable bonds is 5. The molecular formula is C19H26FN5O. The summed E-state index contributed by atoms with van der Waals surface area (Å²) < 4.78 is 18.2. The fourth-order valence-corrected chi connectivity index (χ4v) is 3.28. The second kappa shape index (κ2) is 8.69. The summed E-state index contributed by atoms with van der Waals surface area (Å²) in [5, 5.41) is 10.7. The smallest absolute Gasteiger partial charge is 0.191 e. The quantitative estimate of drug-likeness (QED) is 0.635. The molecule has 6 nitrogen and oxygen atoms in total. The van der Waals surface area contributed by atoms with Gasteiger partial charge in [0.25, 0.3) is 0 Å². The summed E-state index contributed by atoms with van der Waals surface area (Å²) in [4.78, 5) is 6.90. The number of guanidine groups is 1. The molecule has 0 aliphatic carbocycles. The van der Waals surface area contributed by atoms with Gasteiger partial charge in [-0.2, -0.15) is 0 Å². The van der Waals surface area contributed by atoms with E-state index >= 15 is 0 Å². The average Bonchev–Trinajstić information content (AvgIpc) is 3.14. The second-order valence-electron chi connectivity index (χ2n) is 6.55. The van der Waals surface area contributed by atoms with Crippen LogP contribution in [0.4, 0.5) is 10.1 Å². The normalized spacial score (nSPS) is 18.0. The minimum Gasteiger partial charge on any atom is -0.369 e. The fourth-order valence-electron chi connectivity index (χ4n) is 3.28. The first-order valence-corrected chi connectivity index (χ1v) is 9.11. The Hall–Kier alpha value is -2.57. The van der Waals surface area contributed by atoms with E-state index in [-0.39, 0.29) is 11.9 Å². The molecular weight excluding hydrogens is 333 g/mol. The first kappa shape index (κ1) is 18.2. The van der Waals surface area contributed by atoms with Crippen molar-refractivity contribution < 1.29 is 8.91 Å². The summed E-state index contributed by atoms with van der Waals surface area (Å²) in [6, 6.07) is 7.09. The Kier molecular flexibility index (Phi) is 6.09. The molecule has 1 aromatic carbocycles. The summed E-state index contributed by atoms with van der Waals surface area (Å²) in [5.74, 6) is 0.588. The van der Waals surface area contributed by atoms with E-state index in [0.29, 0.717) is 6.54 Å². The van der Waals surface area contributed by atoms with E-state index in [1.165, 1.54) is 6.07 Å². The number of anilines is 1. The van der Waals surface area contributed by atoms with Gasteiger partial charge in [-0.1, -0.05) is 5.16 Å². The number of aromatic nitrogens is 1. The Morgan fingerprint density at radius 2 is 2.31 bits per heavy atom. The number of hydrogen-bond donors (Lipinski definition) is 2. The lowest BCUT2D eigenvalue weighted by atomic mass is 10.0. The van der Waals surface area contributed by atoms with Gasteiger partial charge in [-0.3, -0.25) is 0 Å². The highest BCUT2D eigenvalue weighted by molar-refractivity contribution is 5.80. The summed E-state index contributed by atoms with van der Waals surface area (Å²) in [7, 11) is 0. The molecule has 1 aliphatic heterocycles. The van der Waals surface area contributed by atoms with Gasteiger partial charge in [-0.05, 0) is 50.5 Å². The van der Waals surface area contributed by atoms with E-state index in [0.717, 1.165) is 55.4 Å². The molecule has 1 aromatic heterocycles. The predicted octanol–water partition coefficient (Wildman–Crippen LogP) is 2.85. The molecule has 3 rings (SSSR count). The Morgan fingerprint density at radius 1 is 1.42 bits per heavy atom. The van der Waals surface area contributed by atoms with Gasteiger partial charge in [0.15, 0.2) is 5.96 Å². The number of nitrogens with one attached hydrogen (secondary N) is 2. The maximum atomic E-state index is 13.4. The zero-order valence-electron chi connectivity index (χ0n) is 15.3. The molecule has 1 saturated heterocycles. The van der Waals surface area contributed by atoms with E-state index in [2.05, 4.69) is 25.7 Å². The number of aliphatic imine (C=N–C) groups is 1. The monoisotopic (exact) mass is 359 g/mol. The van der Waals surface area contributed by atoms with Crippen molar-refractivity contribution in [3.8, 4) is 0 Å². The molecule has 0 saturated carbocycles. The van der Waals surface area contributed by atoms with Crippen LogP contribution < -0.4 is 15.5 Å². The third kappa shape index (κ3) is 4.74. The van der Waals surface area contributed by atoms with Crippen LogP contribution in [0, 0.1) is 12.7 Å². The predicted molar refractivity (Wildman–Crippen MR) is 101 cm³/mol. The lowest BCUT2D eigenvalue weighted by Gasteiger charge is -2.36. The van der Waals surface area contributed by atoms with Crippen molar-refractivity contribution in [1.82, 2.24) is 15.8 Å². The second-order valence-corrected chi connectivity index (χ2v) is 6.55. The number of halogens is 1. The highest BCUT2D eigenvalue weighted by Gasteiger charge is 2.22. The molecule has 0 amide bonds. The minimum absolute atomic E-state index is 0.188. The lowest BCUT2D eigenvalue weighted by molar-refractivity contribution is 0.412. The van der Waals surface area contributed by atoms with Crippen molar-refractivity contribution in [3.05, 3.63) is 47.6 Å². The van der Waals surface area contributed by atoms with Gasteiger partial charge >= 0.3 is 0 Å². The van der Waals surface area contributed by atoms with Crippen molar-refractivity contribution >= 4 is 11.6 Å². The first-order valence-electron chi connectivity index (χ1n) is 9.11. The zero-order chi connectivity index (χ0) is 18.4. The molecule has 1 unspecified atom stereocenters. The topological polar surface area (TPSA) is 65.7 Å². The molecule has 2 heterocycles. The summed E-state index contributed by atoms with van der Waals surface area (Å²) >= 11 is 0. The molecule has 1 fully saturated rings. The van der Waals surface area contributed by atoms with E-state index in [4.69, 9.17) is 4.52 Å².